The Bertz CT molecular complexity index is 1220. The molecule has 3 aliphatic rings. The number of benzene rings is 2. The Kier molecular flexibility index (Phi) is 6.38. The zero-order valence-corrected chi connectivity index (χ0v) is 20.2. The van der Waals surface area contributed by atoms with E-state index in [4.69, 9.17) is 4.74 Å². The summed E-state index contributed by atoms with van der Waals surface area (Å²) in [7, 11) is 0. The van der Waals surface area contributed by atoms with E-state index in [1.165, 1.54) is 11.0 Å². The van der Waals surface area contributed by atoms with Gasteiger partial charge in [0.2, 0.25) is 11.8 Å². The smallest absolute Gasteiger partial charge is 0.255 e. The van der Waals surface area contributed by atoms with E-state index in [0.29, 0.717) is 36.4 Å². The summed E-state index contributed by atoms with van der Waals surface area (Å²) in [6.07, 6.45) is 3.26. The highest BCUT2D eigenvalue weighted by molar-refractivity contribution is 6.05. The van der Waals surface area contributed by atoms with Crippen molar-refractivity contribution in [1.29, 1.82) is 0 Å². The predicted octanol–water partition coefficient (Wildman–Crippen LogP) is 2.54. The lowest BCUT2D eigenvalue weighted by Gasteiger charge is -2.35. The van der Waals surface area contributed by atoms with Crippen molar-refractivity contribution in [2.75, 3.05) is 13.2 Å². The maximum atomic E-state index is 13.2. The number of imide groups is 1. The maximum absolute atomic E-state index is 13.2. The summed E-state index contributed by atoms with van der Waals surface area (Å²) in [5.41, 5.74) is 2.58. The minimum Gasteiger partial charge on any atom is -0.508 e. The lowest BCUT2D eigenvalue weighted by molar-refractivity contribution is -0.136. The topological polar surface area (TPSA) is 116 Å². The Labute approximate surface area is 209 Å². The molecular weight excluding hydrogens is 462 g/mol. The Balaban J connectivity index is 1.26. The van der Waals surface area contributed by atoms with Crippen LogP contribution in [0.5, 0.6) is 11.5 Å². The first-order valence-electron chi connectivity index (χ1n) is 12.3. The van der Waals surface area contributed by atoms with Crippen LogP contribution in [0.25, 0.3) is 0 Å². The molecule has 188 valence electrons. The summed E-state index contributed by atoms with van der Waals surface area (Å²) in [6.45, 7) is 3.06. The fourth-order valence-electron chi connectivity index (χ4n) is 5.33. The van der Waals surface area contributed by atoms with Crippen LogP contribution in [0.2, 0.25) is 0 Å². The first-order valence-corrected chi connectivity index (χ1v) is 12.3. The first kappa shape index (κ1) is 23.8. The number of fused-ring (bicyclic) bond motifs is 1. The number of hydrogen-bond acceptors (Lipinski definition) is 6. The average Bonchev–Trinajstić information content (AvgIpc) is 3.17. The Hall–Kier alpha value is -3.88. The number of piperidine rings is 2. The van der Waals surface area contributed by atoms with Crippen LogP contribution in [0, 0.1) is 6.92 Å². The third-order valence-electron chi connectivity index (χ3n) is 7.13. The van der Waals surface area contributed by atoms with Gasteiger partial charge in [-0.3, -0.25) is 24.5 Å². The van der Waals surface area contributed by atoms with Gasteiger partial charge in [-0.1, -0.05) is 0 Å². The van der Waals surface area contributed by atoms with Crippen LogP contribution in [0.3, 0.4) is 0 Å². The minimum absolute atomic E-state index is 0.0715. The molecule has 2 unspecified atom stereocenters. The molecule has 0 saturated carbocycles. The number of aromatic hydroxyl groups is 1. The van der Waals surface area contributed by atoms with Gasteiger partial charge in [-0.05, 0) is 80.1 Å². The quantitative estimate of drug-likeness (QED) is 0.621. The number of phenols is 1. The van der Waals surface area contributed by atoms with E-state index in [2.05, 4.69) is 5.32 Å². The van der Waals surface area contributed by atoms with Gasteiger partial charge in [0.1, 0.15) is 24.1 Å². The van der Waals surface area contributed by atoms with Crippen molar-refractivity contribution < 1.29 is 29.0 Å². The molecular formula is C27H29N3O6. The molecule has 3 heterocycles. The van der Waals surface area contributed by atoms with Gasteiger partial charge >= 0.3 is 0 Å². The number of rotatable bonds is 5. The van der Waals surface area contributed by atoms with E-state index >= 15 is 0 Å². The van der Waals surface area contributed by atoms with E-state index < -0.39 is 11.9 Å². The number of hydrogen-bond donors (Lipinski definition) is 2. The second-order valence-electron chi connectivity index (χ2n) is 9.74. The van der Waals surface area contributed by atoms with Gasteiger partial charge in [-0.2, -0.15) is 0 Å². The lowest BCUT2D eigenvalue weighted by Crippen LogP contribution is -2.52. The highest BCUT2D eigenvalue weighted by Crippen LogP contribution is 2.31. The highest BCUT2D eigenvalue weighted by atomic mass is 16.5. The second-order valence-corrected chi connectivity index (χ2v) is 9.74. The lowest BCUT2D eigenvalue weighted by atomic mass is 10.0. The number of amides is 4. The van der Waals surface area contributed by atoms with Crippen LogP contribution in [0.4, 0.5) is 0 Å². The van der Waals surface area contributed by atoms with Gasteiger partial charge in [0.15, 0.2) is 0 Å². The number of ether oxygens (including phenoxy) is 1. The molecule has 5 rings (SSSR count). The summed E-state index contributed by atoms with van der Waals surface area (Å²) in [4.78, 5) is 53.2. The van der Waals surface area contributed by atoms with E-state index in [-0.39, 0.29) is 42.5 Å². The van der Waals surface area contributed by atoms with E-state index in [9.17, 15) is 24.3 Å². The molecule has 9 nitrogen and oxygen atoms in total. The molecule has 3 aliphatic heterocycles. The number of aryl methyl sites for hydroxylation is 1. The minimum atomic E-state index is -0.658. The van der Waals surface area contributed by atoms with Gasteiger partial charge in [-0.15, -0.1) is 0 Å². The average molecular weight is 492 g/mol. The Morgan fingerprint density at radius 2 is 1.94 bits per heavy atom. The number of phenolic OH excluding ortho intramolecular Hbond substituents is 1. The second kappa shape index (κ2) is 9.64. The Morgan fingerprint density at radius 1 is 1.11 bits per heavy atom. The monoisotopic (exact) mass is 491 g/mol. The third-order valence-corrected chi connectivity index (χ3v) is 7.13. The number of likely N-dealkylation sites (tertiary alicyclic amines) is 1. The number of nitrogens with zero attached hydrogens (tertiary/aromatic N) is 2. The Morgan fingerprint density at radius 3 is 2.72 bits per heavy atom. The van der Waals surface area contributed by atoms with Crippen LogP contribution in [-0.4, -0.2) is 63.8 Å². The molecule has 2 aromatic rings. The molecule has 2 aromatic carbocycles. The fraction of sp³-hybridized carbons (Fsp3) is 0.407. The largest absolute Gasteiger partial charge is 0.508 e. The predicted molar refractivity (Wildman–Crippen MR) is 130 cm³/mol. The summed E-state index contributed by atoms with van der Waals surface area (Å²) in [5, 5.41) is 12.2. The van der Waals surface area contributed by atoms with Gasteiger partial charge in [-0.25, -0.2) is 0 Å². The molecule has 2 fully saturated rings. The molecule has 2 N–H and O–H groups in total. The molecule has 4 amide bonds. The van der Waals surface area contributed by atoms with Gasteiger partial charge in [0.05, 0.1) is 6.04 Å². The van der Waals surface area contributed by atoms with Crippen molar-refractivity contribution in [3.8, 4) is 11.5 Å². The normalized spacial score (nSPS) is 21.9. The summed E-state index contributed by atoms with van der Waals surface area (Å²) >= 11 is 0. The standard InChI is InChI=1S/C27H29N3O6/c1-16-10-17(12-20(31)11-16)26(34)29-9-3-2-4-19(29)15-36-21-5-6-22-18(13-21)14-30(27(22)35)23-7-8-24(32)28-25(23)33/h5-6,10-13,19,23,31H,2-4,7-9,14-15H2,1H3,(H,28,32,33). The van der Waals surface area contributed by atoms with Crippen LogP contribution < -0.4 is 10.1 Å². The zero-order chi connectivity index (χ0) is 25.4. The van der Waals surface area contributed by atoms with Crippen LogP contribution in [0.15, 0.2) is 36.4 Å². The number of carbonyl (C=O) groups excluding carboxylic acids is 4. The summed E-state index contributed by atoms with van der Waals surface area (Å²) in [6, 6.07) is 9.38. The van der Waals surface area contributed by atoms with Crippen LogP contribution >= 0.6 is 0 Å². The summed E-state index contributed by atoms with van der Waals surface area (Å²) < 4.78 is 6.09. The molecule has 2 saturated heterocycles. The summed E-state index contributed by atoms with van der Waals surface area (Å²) in [5.74, 6) is -0.434. The van der Waals surface area contributed by atoms with E-state index in [1.807, 2.05) is 17.9 Å². The van der Waals surface area contributed by atoms with Crippen molar-refractivity contribution in [1.82, 2.24) is 15.1 Å². The first-order chi connectivity index (χ1) is 17.3. The molecule has 0 spiro atoms. The molecule has 2 atom stereocenters. The van der Waals surface area contributed by atoms with Crippen molar-refractivity contribution in [2.45, 2.75) is 57.7 Å². The van der Waals surface area contributed by atoms with Crippen molar-refractivity contribution >= 4 is 23.6 Å². The SMILES string of the molecule is Cc1cc(O)cc(C(=O)N2CCCCC2COc2ccc3c(c2)CN(C2CCC(=O)NC2=O)C3=O)c1. The fourth-order valence-corrected chi connectivity index (χ4v) is 5.33. The van der Waals surface area contributed by atoms with E-state index in [1.54, 1.807) is 24.3 Å². The maximum Gasteiger partial charge on any atom is 0.255 e. The molecule has 9 heteroatoms. The van der Waals surface area contributed by atoms with Crippen LogP contribution in [-0.2, 0) is 16.1 Å². The van der Waals surface area contributed by atoms with Gasteiger partial charge in [0.25, 0.3) is 11.8 Å². The van der Waals surface area contributed by atoms with E-state index in [0.717, 1.165) is 30.4 Å². The van der Waals surface area contributed by atoms with Crippen molar-refractivity contribution in [2.24, 2.45) is 0 Å². The number of carbonyl (C=O) groups is 4. The molecule has 36 heavy (non-hydrogen) atoms. The van der Waals surface area contributed by atoms with Crippen LogP contribution in [0.1, 0.15) is 63.9 Å². The number of nitrogens with one attached hydrogen (secondary N) is 1. The highest BCUT2D eigenvalue weighted by Gasteiger charge is 2.39. The molecule has 0 bridgehead atoms. The van der Waals surface area contributed by atoms with Crippen molar-refractivity contribution in [3.63, 3.8) is 0 Å². The molecule has 0 radical (unpaired) electrons. The van der Waals surface area contributed by atoms with Gasteiger partial charge < -0.3 is 19.6 Å². The third kappa shape index (κ3) is 4.65. The van der Waals surface area contributed by atoms with Gasteiger partial charge in [0, 0.05) is 30.6 Å². The molecule has 0 aliphatic carbocycles. The molecule has 0 aromatic heterocycles. The van der Waals surface area contributed by atoms with Crippen molar-refractivity contribution in [3.05, 3.63) is 58.7 Å². The zero-order valence-electron chi connectivity index (χ0n) is 20.2.